The minimum Gasteiger partial charge on any atom is -0.469 e. The molecule has 8 heteroatoms. The van der Waals surface area contributed by atoms with Crippen LogP contribution in [0.2, 0.25) is 0 Å². The summed E-state index contributed by atoms with van der Waals surface area (Å²) in [6.45, 7) is 1.04. The fraction of sp³-hybridized carbons (Fsp3) is 0.250. The number of anilines is 1. The maximum absolute atomic E-state index is 13.5. The van der Waals surface area contributed by atoms with E-state index in [4.69, 9.17) is 9.47 Å². The van der Waals surface area contributed by atoms with Crippen molar-refractivity contribution in [2.45, 2.75) is 44.9 Å². The van der Waals surface area contributed by atoms with E-state index < -0.39 is 12.1 Å². The average molecular weight is 594 g/mol. The summed E-state index contributed by atoms with van der Waals surface area (Å²) in [6.07, 6.45) is 1.21. The van der Waals surface area contributed by atoms with Crippen molar-refractivity contribution in [1.29, 1.82) is 0 Å². The van der Waals surface area contributed by atoms with Gasteiger partial charge in [-0.15, -0.1) is 0 Å². The number of benzene rings is 4. The van der Waals surface area contributed by atoms with Crippen molar-refractivity contribution >= 4 is 23.7 Å². The van der Waals surface area contributed by atoms with Crippen LogP contribution in [0.3, 0.4) is 0 Å². The Morgan fingerprint density at radius 1 is 0.750 bits per heavy atom. The van der Waals surface area contributed by atoms with Crippen LogP contribution in [0, 0.1) is 0 Å². The topological polar surface area (TPSA) is 106 Å². The Morgan fingerprint density at radius 2 is 1.41 bits per heavy atom. The van der Waals surface area contributed by atoms with Crippen LogP contribution in [-0.2, 0) is 38.6 Å². The summed E-state index contributed by atoms with van der Waals surface area (Å²) < 4.78 is 10.1. The monoisotopic (exact) mass is 593 g/mol. The van der Waals surface area contributed by atoms with Gasteiger partial charge in [-0.05, 0) is 53.1 Å². The standard InChI is InChI=1S/C36H39N3O5/c1-43-34(40)23-22-31-15-8-9-16-32(31)39-35(41)33(17-10-24-37-36(42)44-26-28-11-4-2-5-12-28)38-25-27-18-20-30(21-19-27)29-13-6-3-7-14-29/h2-9,11-16,18-21,33,38H,10,17,22-26H2,1H3,(H,37,42)(H,39,41)/t33-/m0/s1. The van der Waals surface area contributed by atoms with Gasteiger partial charge in [0.05, 0.1) is 13.2 Å². The van der Waals surface area contributed by atoms with Gasteiger partial charge in [-0.25, -0.2) is 4.79 Å². The van der Waals surface area contributed by atoms with E-state index >= 15 is 0 Å². The highest BCUT2D eigenvalue weighted by Gasteiger charge is 2.19. The molecule has 4 rings (SSSR count). The third-order valence-electron chi connectivity index (χ3n) is 7.18. The smallest absolute Gasteiger partial charge is 0.407 e. The van der Waals surface area contributed by atoms with Crippen LogP contribution >= 0.6 is 0 Å². The zero-order valence-corrected chi connectivity index (χ0v) is 25.0. The maximum Gasteiger partial charge on any atom is 0.407 e. The molecule has 2 amide bonds. The fourth-order valence-electron chi connectivity index (χ4n) is 4.70. The number of nitrogens with one attached hydrogen (secondary N) is 3. The molecular formula is C36H39N3O5. The molecule has 0 unspecified atom stereocenters. The highest BCUT2D eigenvalue weighted by molar-refractivity contribution is 5.95. The average Bonchev–Trinajstić information content (AvgIpc) is 3.07. The first kappa shape index (κ1) is 32.0. The number of methoxy groups -OCH3 is 1. The van der Waals surface area contributed by atoms with Crippen LogP contribution in [0.5, 0.6) is 0 Å². The van der Waals surface area contributed by atoms with Crippen molar-refractivity contribution in [2.24, 2.45) is 0 Å². The Bertz CT molecular complexity index is 1480. The molecule has 0 spiro atoms. The van der Waals surface area contributed by atoms with E-state index in [2.05, 4.69) is 52.3 Å². The van der Waals surface area contributed by atoms with Crippen LogP contribution in [0.15, 0.2) is 109 Å². The van der Waals surface area contributed by atoms with Crippen LogP contribution in [0.25, 0.3) is 11.1 Å². The molecular weight excluding hydrogens is 554 g/mol. The van der Waals surface area contributed by atoms with Crippen molar-refractivity contribution < 1.29 is 23.9 Å². The van der Waals surface area contributed by atoms with Crippen molar-refractivity contribution in [3.63, 3.8) is 0 Å². The summed E-state index contributed by atoms with van der Waals surface area (Å²) in [5.41, 5.74) is 5.73. The predicted molar refractivity (Wildman–Crippen MR) is 172 cm³/mol. The Hall–Kier alpha value is -4.95. The Morgan fingerprint density at radius 3 is 2.14 bits per heavy atom. The summed E-state index contributed by atoms with van der Waals surface area (Å²) in [5.74, 6) is -0.498. The maximum atomic E-state index is 13.5. The second-order valence-corrected chi connectivity index (χ2v) is 10.3. The van der Waals surface area contributed by atoms with Gasteiger partial charge in [-0.3, -0.25) is 9.59 Å². The number of esters is 1. The summed E-state index contributed by atoms with van der Waals surface area (Å²) in [7, 11) is 1.36. The van der Waals surface area contributed by atoms with Crippen molar-refractivity contribution in [1.82, 2.24) is 10.6 Å². The van der Waals surface area contributed by atoms with Gasteiger partial charge in [0.15, 0.2) is 0 Å². The van der Waals surface area contributed by atoms with Gasteiger partial charge in [0.25, 0.3) is 0 Å². The highest BCUT2D eigenvalue weighted by Crippen LogP contribution is 2.20. The molecule has 0 saturated heterocycles. The summed E-state index contributed by atoms with van der Waals surface area (Å²) >= 11 is 0. The van der Waals surface area contributed by atoms with Gasteiger partial charge in [0.1, 0.15) is 6.61 Å². The molecule has 0 bridgehead atoms. The van der Waals surface area contributed by atoms with Gasteiger partial charge in [0, 0.05) is 25.2 Å². The number of hydrogen-bond donors (Lipinski definition) is 3. The molecule has 8 nitrogen and oxygen atoms in total. The first-order valence-corrected chi connectivity index (χ1v) is 14.8. The van der Waals surface area contributed by atoms with Gasteiger partial charge in [-0.1, -0.05) is 103 Å². The zero-order chi connectivity index (χ0) is 31.0. The normalized spacial score (nSPS) is 11.3. The number of hydrogen-bond acceptors (Lipinski definition) is 6. The molecule has 1 atom stereocenters. The van der Waals surface area contributed by atoms with E-state index in [0.29, 0.717) is 38.0 Å². The SMILES string of the molecule is COC(=O)CCc1ccccc1NC(=O)[C@H](CCCNC(=O)OCc1ccccc1)NCc1ccc(-c2ccccc2)cc1. The number of ether oxygens (including phenoxy) is 2. The van der Waals surface area contributed by atoms with Crippen molar-refractivity contribution in [3.05, 3.63) is 126 Å². The number of aryl methyl sites for hydroxylation is 1. The molecule has 4 aromatic carbocycles. The fourth-order valence-corrected chi connectivity index (χ4v) is 4.70. The van der Waals surface area contributed by atoms with Crippen LogP contribution < -0.4 is 16.0 Å². The molecule has 0 fully saturated rings. The molecule has 44 heavy (non-hydrogen) atoms. The van der Waals surface area contributed by atoms with Gasteiger partial charge < -0.3 is 25.4 Å². The molecule has 0 aliphatic heterocycles. The summed E-state index contributed by atoms with van der Waals surface area (Å²) in [5, 5.41) is 9.21. The molecule has 4 aromatic rings. The predicted octanol–water partition coefficient (Wildman–Crippen LogP) is 6.26. The molecule has 0 aliphatic rings. The second-order valence-electron chi connectivity index (χ2n) is 10.3. The lowest BCUT2D eigenvalue weighted by Gasteiger charge is -2.20. The lowest BCUT2D eigenvalue weighted by molar-refractivity contribution is -0.140. The van der Waals surface area contributed by atoms with Crippen LogP contribution in [0.1, 0.15) is 36.0 Å². The van der Waals surface area contributed by atoms with Gasteiger partial charge >= 0.3 is 12.1 Å². The molecule has 3 N–H and O–H groups in total. The van der Waals surface area contributed by atoms with E-state index in [0.717, 1.165) is 27.8 Å². The zero-order valence-electron chi connectivity index (χ0n) is 25.0. The van der Waals surface area contributed by atoms with Gasteiger partial charge in [-0.2, -0.15) is 0 Å². The molecule has 0 radical (unpaired) electrons. The molecule has 228 valence electrons. The first-order chi connectivity index (χ1) is 21.5. The van der Waals surface area contributed by atoms with Crippen LogP contribution in [-0.4, -0.2) is 37.7 Å². The minimum absolute atomic E-state index is 0.192. The Labute approximate surface area is 258 Å². The third kappa shape index (κ3) is 10.4. The minimum atomic E-state index is -0.528. The number of carbonyl (C=O) groups is 3. The molecule has 0 aliphatic carbocycles. The van der Waals surface area contributed by atoms with E-state index in [1.807, 2.05) is 72.8 Å². The summed E-state index contributed by atoms with van der Waals surface area (Å²) in [6, 6.07) is 34.8. The van der Waals surface area contributed by atoms with E-state index in [1.54, 1.807) is 0 Å². The second kappa shape index (κ2) is 17.2. The first-order valence-electron chi connectivity index (χ1n) is 14.8. The van der Waals surface area contributed by atoms with Gasteiger partial charge in [0.2, 0.25) is 5.91 Å². The van der Waals surface area contributed by atoms with Crippen molar-refractivity contribution in [2.75, 3.05) is 19.0 Å². The lowest BCUT2D eigenvalue weighted by atomic mass is 10.0. The number of alkyl carbamates (subject to hydrolysis) is 1. The Kier molecular flexibility index (Phi) is 12.5. The molecule has 0 aromatic heterocycles. The number of rotatable bonds is 15. The number of amides is 2. The molecule has 0 heterocycles. The van der Waals surface area contributed by atoms with E-state index in [1.165, 1.54) is 7.11 Å². The number of carbonyl (C=O) groups excluding carboxylic acids is 3. The van der Waals surface area contributed by atoms with Crippen LogP contribution in [0.4, 0.5) is 10.5 Å². The summed E-state index contributed by atoms with van der Waals surface area (Å²) in [4.78, 5) is 37.4. The molecule has 0 saturated carbocycles. The van der Waals surface area contributed by atoms with Crippen molar-refractivity contribution in [3.8, 4) is 11.1 Å². The van der Waals surface area contributed by atoms with E-state index in [-0.39, 0.29) is 24.9 Å². The third-order valence-corrected chi connectivity index (χ3v) is 7.18. The largest absolute Gasteiger partial charge is 0.469 e. The highest BCUT2D eigenvalue weighted by atomic mass is 16.5. The quantitative estimate of drug-likeness (QED) is 0.111. The van der Waals surface area contributed by atoms with E-state index in [9.17, 15) is 14.4 Å². The lowest BCUT2D eigenvalue weighted by Crippen LogP contribution is -2.41. The Balaban J connectivity index is 1.35. The number of para-hydroxylation sites is 1.